The Bertz CT molecular complexity index is 823. The molecule has 0 saturated heterocycles. The molecule has 1 aromatic carbocycles. The fraction of sp³-hybridized carbons (Fsp3) is 0.353. The van der Waals surface area contributed by atoms with Crippen molar-refractivity contribution in [2.24, 2.45) is 0 Å². The first-order valence-corrected chi connectivity index (χ1v) is 9.33. The van der Waals surface area contributed by atoms with E-state index in [4.69, 9.17) is 25.8 Å². The fourth-order valence-electron chi connectivity index (χ4n) is 2.34. The molecule has 0 atom stereocenters. The standard InChI is InChI=1S/C17H17ClN2O5S/c1-2-23-14(21)8-11-9-26-17(19-11)20-16(22)10-6-12(18)15-13(7-10)24-4-3-5-25-15/h6-7,9H,2-5,8H2,1H3,(H,19,20,22). The molecule has 0 bridgehead atoms. The molecule has 1 amide bonds. The zero-order chi connectivity index (χ0) is 18.5. The van der Waals surface area contributed by atoms with Crippen molar-refractivity contribution in [3.05, 3.63) is 33.8 Å². The summed E-state index contributed by atoms with van der Waals surface area (Å²) in [5.74, 6) is 0.166. The number of hydrogen-bond acceptors (Lipinski definition) is 7. The van der Waals surface area contributed by atoms with Crippen LogP contribution in [0.2, 0.25) is 5.02 Å². The summed E-state index contributed by atoms with van der Waals surface area (Å²) in [7, 11) is 0. The zero-order valence-electron chi connectivity index (χ0n) is 14.0. The van der Waals surface area contributed by atoms with Gasteiger partial charge in [-0.15, -0.1) is 11.3 Å². The highest BCUT2D eigenvalue weighted by molar-refractivity contribution is 7.14. The monoisotopic (exact) mass is 396 g/mol. The smallest absolute Gasteiger partial charge is 0.311 e. The topological polar surface area (TPSA) is 86.8 Å². The van der Waals surface area contributed by atoms with Crippen molar-refractivity contribution in [2.45, 2.75) is 19.8 Å². The summed E-state index contributed by atoms with van der Waals surface area (Å²) in [5, 5.41) is 5.10. The second kappa shape index (κ2) is 8.37. The molecule has 9 heteroatoms. The average molecular weight is 397 g/mol. The minimum atomic E-state index is -0.375. The number of halogens is 1. The molecular formula is C17H17ClN2O5S. The summed E-state index contributed by atoms with van der Waals surface area (Å²) in [6.07, 6.45) is 0.810. The van der Waals surface area contributed by atoms with Gasteiger partial charge in [-0.3, -0.25) is 14.9 Å². The number of amides is 1. The summed E-state index contributed by atoms with van der Waals surface area (Å²) in [5.41, 5.74) is 0.877. The van der Waals surface area contributed by atoms with Crippen LogP contribution in [0.4, 0.5) is 5.13 Å². The number of carbonyl (C=O) groups is 2. The van der Waals surface area contributed by atoms with E-state index in [0.717, 1.165) is 6.42 Å². The van der Waals surface area contributed by atoms with Crippen LogP contribution in [0.3, 0.4) is 0 Å². The third-order valence-electron chi connectivity index (χ3n) is 3.47. The van der Waals surface area contributed by atoms with Crippen molar-refractivity contribution in [3.8, 4) is 11.5 Å². The summed E-state index contributed by atoms with van der Waals surface area (Å²) in [6, 6.07) is 3.12. The van der Waals surface area contributed by atoms with Gasteiger partial charge in [0.25, 0.3) is 5.91 Å². The molecule has 0 unspecified atom stereocenters. The van der Waals surface area contributed by atoms with Gasteiger partial charge in [0.15, 0.2) is 16.6 Å². The molecule has 0 saturated carbocycles. The first-order valence-electron chi connectivity index (χ1n) is 8.07. The lowest BCUT2D eigenvalue weighted by molar-refractivity contribution is -0.142. The molecule has 1 aliphatic heterocycles. The molecular weight excluding hydrogens is 380 g/mol. The van der Waals surface area contributed by atoms with Crippen LogP contribution in [-0.4, -0.2) is 36.7 Å². The molecule has 0 spiro atoms. The second-order valence-electron chi connectivity index (χ2n) is 5.42. The number of benzene rings is 1. The first kappa shape index (κ1) is 18.5. The van der Waals surface area contributed by atoms with Gasteiger partial charge in [-0.05, 0) is 19.1 Å². The SMILES string of the molecule is CCOC(=O)Cc1csc(NC(=O)c2cc(Cl)c3c(c2)OCCCO3)n1. The summed E-state index contributed by atoms with van der Waals surface area (Å²) < 4.78 is 16.0. The van der Waals surface area contributed by atoms with Crippen LogP contribution in [0.25, 0.3) is 0 Å². The molecule has 0 radical (unpaired) electrons. The molecule has 3 rings (SSSR count). The zero-order valence-corrected chi connectivity index (χ0v) is 15.6. The largest absolute Gasteiger partial charge is 0.489 e. The van der Waals surface area contributed by atoms with Crippen molar-refractivity contribution in [3.63, 3.8) is 0 Å². The van der Waals surface area contributed by atoms with Crippen LogP contribution in [-0.2, 0) is 16.0 Å². The van der Waals surface area contributed by atoms with E-state index >= 15 is 0 Å². The Hall–Kier alpha value is -2.32. The van der Waals surface area contributed by atoms with Gasteiger partial charge < -0.3 is 14.2 Å². The number of fused-ring (bicyclic) bond motifs is 1. The fourth-order valence-corrected chi connectivity index (χ4v) is 3.31. The maximum Gasteiger partial charge on any atom is 0.311 e. The highest BCUT2D eigenvalue weighted by atomic mass is 35.5. The maximum absolute atomic E-state index is 12.5. The van der Waals surface area contributed by atoms with Gasteiger partial charge in [0.05, 0.1) is 37.0 Å². The summed E-state index contributed by atoms with van der Waals surface area (Å²) in [6.45, 7) is 3.07. The number of aromatic nitrogens is 1. The Morgan fingerprint density at radius 1 is 1.35 bits per heavy atom. The van der Waals surface area contributed by atoms with E-state index in [1.807, 2.05) is 0 Å². The van der Waals surface area contributed by atoms with Crippen molar-refractivity contribution in [1.82, 2.24) is 4.98 Å². The number of ether oxygens (including phenoxy) is 3. The van der Waals surface area contributed by atoms with Crippen molar-refractivity contribution >= 4 is 39.9 Å². The Morgan fingerprint density at radius 3 is 2.96 bits per heavy atom. The molecule has 1 N–H and O–H groups in total. The van der Waals surface area contributed by atoms with Gasteiger partial charge in [-0.25, -0.2) is 4.98 Å². The highest BCUT2D eigenvalue weighted by Crippen LogP contribution is 2.38. The first-order chi connectivity index (χ1) is 12.6. The van der Waals surface area contributed by atoms with Crippen LogP contribution < -0.4 is 14.8 Å². The van der Waals surface area contributed by atoms with Gasteiger partial charge in [0.1, 0.15) is 0 Å². The minimum Gasteiger partial charge on any atom is -0.489 e. The molecule has 2 heterocycles. The lowest BCUT2D eigenvalue weighted by Gasteiger charge is -2.11. The molecule has 7 nitrogen and oxygen atoms in total. The van der Waals surface area contributed by atoms with E-state index in [-0.39, 0.29) is 18.3 Å². The van der Waals surface area contributed by atoms with Crippen LogP contribution >= 0.6 is 22.9 Å². The Balaban J connectivity index is 1.70. The minimum absolute atomic E-state index is 0.0655. The van der Waals surface area contributed by atoms with Crippen molar-refractivity contribution in [2.75, 3.05) is 25.1 Å². The number of rotatable bonds is 5. The van der Waals surface area contributed by atoms with Crippen LogP contribution in [0, 0.1) is 0 Å². The highest BCUT2D eigenvalue weighted by Gasteiger charge is 2.19. The predicted molar refractivity (Wildman–Crippen MR) is 97.5 cm³/mol. The normalized spacial score (nSPS) is 13.0. The van der Waals surface area contributed by atoms with Gasteiger partial charge in [-0.2, -0.15) is 0 Å². The molecule has 0 aliphatic carbocycles. The van der Waals surface area contributed by atoms with Gasteiger partial charge in [0, 0.05) is 17.4 Å². The Morgan fingerprint density at radius 2 is 2.15 bits per heavy atom. The molecule has 0 fully saturated rings. The third kappa shape index (κ3) is 4.44. The van der Waals surface area contributed by atoms with Crippen LogP contribution in [0.15, 0.2) is 17.5 Å². The molecule has 2 aromatic rings. The molecule has 138 valence electrons. The molecule has 1 aromatic heterocycles. The number of nitrogens with zero attached hydrogens (tertiary/aromatic N) is 1. The summed E-state index contributed by atoms with van der Waals surface area (Å²) in [4.78, 5) is 28.2. The van der Waals surface area contributed by atoms with Gasteiger partial charge in [-0.1, -0.05) is 11.6 Å². The van der Waals surface area contributed by atoms with E-state index in [0.29, 0.717) is 52.7 Å². The van der Waals surface area contributed by atoms with Gasteiger partial charge in [0.2, 0.25) is 0 Å². The predicted octanol–water partition coefficient (Wildman–Crippen LogP) is 3.32. The van der Waals surface area contributed by atoms with Gasteiger partial charge >= 0.3 is 5.97 Å². The van der Waals surface area contributed by atoms with Crippen molar-refractivity contribution in [1.29, 1.82) is 0 Å². The van der Waals surface area contributed by atoms with Crippen LogP contribution in [0.1, 0.15) is 29.4 Å². The Labute approximate surface area is 159 Å². The van der Waals surface area contributed by atoms with E-state index in [2.05, 4.69) is 10.3 Å². The number of thiazole rings is 1. The number of carbonyl (C=O) groups excluding carboxylic acids is 2. The van der Waals surface area contributed by atoms with Crippen LogP contribution in [0.5, 0.6) is 11.5 Å². The number of hydrogen-bond donors (Lipinski definition) is 1. The second-order valence-corrected chi connectivity index (χ2v) is 6.68. The number of anilines is 1. The lowest BCUT2D eigenvalue weighted by Crippen LogP contribution is -2.13. The van der Waals surface area contributed by atoms with E-state index in [9.17, 15) is 9.59 Å². The average Bonchev–Trinajstić information content (AvgIpc) is 2.89. The number of nitrogens with one attached hydrogen (secondary N) is 1. The van der Waals surface area contributed by atoms with E-state index in [1.54, 1.807) is 18.4 Å². The molecule has 1 aliphatic rings. The quantitative estimate of drug-likeness (QED) is 0.780. The maximum atomic E-state index is 12.5. The number of esters is 1. The van der Waals surface area contributed by atoms with E-state index in [1.165, 1.54) is 17.4 Å². The van der Waals surface area contributed by atoms with E-state index < -0.39 is 0 Å². The third-order valence-corrected chi connectivity index (χ3v) is 4.55. The molecule has 26 heavy (non-hydrogen) atoms. The lowest BCUT2D eigenvalue weighted by atomic mass is 10.2. The summed E-state index contributed by atoms with van der Waals surface area (Å²) >= 11 is 7.44. The Kier molecular flexibility index (Phi) is 5.95. The van der Waals surface area contributed by atoms with Crippen molar-refractivity contribution < 1.29 is 23.8 Å².